The average Bonchev–Trinajstić information content (AvgIpc) is 3.10. The first-order valence-corrected chi connectivity index (χ1v) is 9.27. The fourth-order valence-electron chi connectivity index (χ4n) is 2.85. The van der Waals surface area contributed by atoms with E-state index in [1.54, 1.807) is 7.11 Å². The number of rotatable bonds is 9. The van der Waals surface area contributed by atoms with Gasteiger partial charge in [0.2, 0.25) is 5.89 Å². The van der Waals surface area contributed by atoms with E-state index >= 15 is 0 Å². The Balaban J connectivity index is 1.55. The van der Waals surface area contributed by atoms with E-state index in [1.165, 1.54) is 0 Å². The Labute approximate surface area is 169 Å². The number of benzene rings is 2. The lowest BCUT2D eigenvalue weighted by Gasteiger charge is -2.08. The molecule has 0 fully saturated rings. The third kappa shape index (κ3) is 5.36. The molecule has 2 aromatic carbocycles. The van der Waals surface area contributed by atoms with Crippen molar-refractivity contribution in [3.8, 4) is 23.0 Å². The molecule has 0 spiro atoms. The molecular weight excluding hydrogens is 372 g/mol. The van der Waals surface area contributed by atoms with Gasteiger partial charge in [-0.1, -0.05) is 12.1 Å². The molecular formula is C22H24N2O5. The number of carboxylic acids is 1. The predicted octanol–water partition coefficient (Wildman–Crippen LogP) is 3.23. The molecule has 1 aromatic heterocycles. The SMILES string of the molecule is COc1ccc(-c2nc(CCOc3ccc(C[C@H](N)C(=O)O)cc3)c(C)o2)cc1. The van der Waals surface area contributed by atoms with Gasteiger partial charge in [-0.05, 0) is 55.3 Å². The van der Waals surface area contributed by atoms with Gasteiger partial charge < -0.3 is 24.7 Å². The van der Waals surface area contributed by atoms with Gasteiger partial charge in [0.25, 0.3) is 0 Å². The zero-order chi connectivity index (χ0) is 20.8. The van der Waals surface area contributed by atoms with Crippen LogP contribution in [0.2, 0.25) is 0 Å². The largest absolute Gasteiger partial charge is 0.497 e. The quantitative estimate of drug-likeness (QED) is 0.572. The van der Waals surface area contributed by atoms with E-state index in [4.69, 9.17) is 24.7 Å². The van der Waals surface area contributed by atoms with Crippen LogP contribution in [0.1, 0.15) is 17.0 Å². The second-order valence-corrected chi connectivity index (χ2v) is 6.64. The van der Waals surface area contributed by atoms with Crippen molar-refractivity contribution in [3.05, 3.63) is 65.5 Å². The highest BCUT2D eigenvalue weighted by Gasteiger charge is 2.13. The van der Waals surface area contributed by atoms with Gasteiger partial charge in [0.05, 0.1) is 19.4 Å². The van der Waals surface area contributed by atoms with Crippen LogP contribution < -0.4 is 15.2 Å². The molecule has 0 saturated heterocycles. The number of hydrogen-bond acceptors (Lipinski definition) is 6. The van der Waals surface area contributed by atoms with E-state index in [0.717, 1.165) is 28.3 Å². The number of aryl methyl sites for hydroxylation is 1. The molecule has 1 heterocycles. The van der Waals surface area contributed by atoms with Gasteiger partial charge in [-0.2, -0.15) is 0 Å². The van der Waals surface area contributed by atoms with Crippen LogP contribution in [-0.2, 0) is 17.6 Å². The topological polar surface area (TPSA) is 108 Å². The van der Waals surface area contributed by atoms with Crippen LogP contribution in [0.4, 0.5) is 0 Å². The molecule has 7 nitrogen and oxygen atoms in total. The number of aliphatic carboxylic acids is 1. The maximum absolute atomic E-state index is 10.8. The Morgan fingerprint density at radius 2 is 1.79 bits per heavy atom. The molecule has 0 aliphatic carbocycles. The summed E-state index contributed by atoms with van der Waals surface area (Å²) in [6, 6.07) is 13.9. The van der Waals surface area contributed by atoms with Gasteiger partial charge in [-0.25, -0.2) is 4.98 Å². The summed E-state index contributed by atoms with van der Waals surface area (Å²) in [5, 5.41) is 8.87. The Morgan fingerprint density at radius 1 is 1.14 bits per heavy atom. The van der Waals surface area contributed by atoms with Gasteiger partial charge in [0, 0.05) is 12.0 Å². The molecule has 0 saturated carbocycles. The second kappa shape index (κ2) is 9.25. The lowest BCUT2D eigenvalue weighted by Crippen LogP contribution is -2.32. The Bertz CT molecular complexity index is 948. The zero-order valence-electron chi connectivity index (χ0n) is 16.4. The van der Waals surface area contributed by atoms with Crippen LogP contribution in [0.25, 0.3) is 11.5 Å². The van der Waals surface area contributed by atoms with Crippen LogP contribution in [0.3, 0.4) is 0 Å². The standard InChI is InChI=1S/C22H24N2O5/c1-14-20(24-21(29-14)16-5-9-17(27-2)10-6-16)11-12-28-18-7-3-15(4-8-18)13-19(23)22(25)26/h3-10,19H,11-13,23H2,1-2H3,(H,25,26)/t19-/m0/s1. The molecule has 0 bridgehead atoms. The van der Waals surface area contributed by atoms with Crippen molar-refractivity contribution < 1.29 is 23.8 Å². The molecule has 29 heavy (non-hydrogen) atoms. The molecule has 3 rings (SSSR count). The van der Waals surface area contributed by atoms with Crippen LogP contribution in [0.15, 0.2) is 52.9 Å². The number of methoxy groups -OCH3 is 1. The summed E-state index contributed by atoms with van der Waals surface area (Å²) in [5.41, 5.74) is 8.13. The molecule has 7 heteroatoms. The number of nitrogens with two attached hydrogens (primary N) is 1. The number of nitrogens with zero attached hydrogens (tertiary/aromatic N) is 1. The van der Waals surface area contributed by atoms with E-state index in [9.17, 15) is 4.79 Å². The van der Waals surface area contributed by atoms with Crippen LogP contribution in [0.5, 0.6) is 11.5 Å². The van der Waals surface area contributed by atoms with Gasteiger partial charge in [0.15, 0.2) is 0 Å². The third-order valence-corrected chi connectivity index (χ3v) is 4.53. The molecule has 0 amide bonds. The van der Waals surface area contributed by atoms with Crippen molar-refractivity contribution in [2.75, 3.05) is 13.7 Å². The molecule has 0 aliphatic heterocycles. The number of carboxylic acid groups (broad SMARTS) is 1. The zero-order valence-corrected chi connectivity index (χ0v) is 16.4. The van der Waals surface area contributed by atoms with Crippen molar-refractivity contribution in [1.82, 2.24) is 4.98 Å². The summed E-state index contributed by atoms with van der Waals surface area (Å²) < 4.78 is 16.7. The lowest BCUT2D eigenvalue weighted by atomic mass is 10.1. The minimum Gasteiger partial charge on any atom is -0.497 e. The van der Waals surface area contributed by atoms with Gasteiger partial charge in [0.1, 0.15) is 23.3 Å². The van der Waals surface area contributed by atoms with Gasteiger partial charge >= 0.3 is 5.97 Å². The number of aromatic nitrogens is 1. The van der Waals surface area contributed by atoms with Gasteiger partial charge in [-0.3, -0.25) is 4.79 Å². The Morgan fingerprint density at radius 3 is 2.41 bits per heavy atom. The minimum absolute atomic E-state index is 0.280. The summed E-state index contributed by atoms with van der Waals surface area (Å²) >= 11 is 0. The highest BCUT2D eigenvalue weighted by Crippen LogP contribution is 2.24. The molecule has 3 N–H and O–H groups in total. The van der Waals surface area contributed by atoms with E-state index < -0.39 is 12.0 Å². The maximum atomic E-state index is 10.8. The van der Waals surface area contributed by atoms with E-state index in [1.807, 2.05) is 55.5 Å². The van der Waals surface area contributed by atoms with Crippen molar-refractivity contribution in [1.29, 1.82) is 0 Å². The first-order chi connectivity index (χ1) is 14.0. The second-order valence-electron chi connectivity index (χ2n) is 6.64. The molecule has 0 unspecified atom stereocenters. The van der Waals surface area contributed by atoms with Crippen molar-refractivity contribution in [2.24, 2.45) is 5.73 Å². The third-order valence-electron chi connectivity index (χ3n) is 4.53. The minimum atomic E-state index is -1.01. The fraction of sp³-hybridized carbons (Fsp3) is 0.273. The molecule has 3 aromatic rings. The predicted molar refractivity (Wildman–Crippen MR) is 108 cm³/mol. The van der Waals surface area contributed by atoms with Crippen LogP contribution in [0, 0.1) is 6.92 Å². The number of carbonyl (C=O) groups is 1. The number of oxazole rings is 1. The average molecular weight is 396 g/mol. The number of hydrogen-bond donors (Lipinski definition) is 2. The first-order valence-electron chi connectivity index (χ1n) is 9.27. The molecule has 0 aliphatic rings. The van der Waals surface area contributed by atoms with Gasteiger partial charge in [-0.15, -0.1) is 0 Å². The molecule has 0 radical (unpaired) electrons. The smallest absolute Gasteiger partial charge is 0.320 e. The highest BCUT2D eigenvalue weighted by molar-refractivity contribution is 5.73. The van der Waals surface area contributed by atoms with Crippen molar-refractivity contribution >= 4 is 5.97 Å². The monoisotopic (exact) mass is 396 g/mol. The lowest BCUT2D eigenvalue weighted by molar-refractivity contribution is -0.138. The normalized spacial score (nSPS) is 11.8. The van der Waals surface area contributed by atoms with E-state index in [2.05, 4.69) is 4.98 Å². The Hall–Kier alpha value is -3.32. The highest BCUT2D eigenvalue weighted by atomic mass is 16.5. The molecule has 152 valence electrons. The fourth-order valence-corrected chi connectivity index (χ4v) is 2.85. The maximum Gasteiger partial charge on any atom is 0.320 e. The summed E-state index contributed by atoms with van der Waals surface area (Å²) in [6.07, 6.45) is 0.888. The Kier molecular flexibility index (Phi) is 6.51. The van der Waals surface area contributed by atoms with Crippen molar-refractivity contribution in [2.45, 2.75) is 25.8 Å². The number of ether oxygens (including phenoxy) is 2. The van der Waals surface area contributed by atoms with E-state index in [0.29, 0.717) is 24.7 Å². The summed E-state index contributed by atoms with van der Waals surface area (Å²) in [6.45, 7) is 2.33. The first kappa shape index (κ1) is 20.4. The summed E-state index contributed by atoms with van der Waals surface area (Å²) in [5.74, 6) is 1.80. The summed E-state index contributed by atoms with van der Waals surface area (Å²) in [4.78, 5) is 15.4. The van der Waals surface area contributed by atoms with E-state index in [-0.39, 0.29) is 6.42 Å². The van der Waals surface area contributed by atoms with Crippen LogP contribution in [-0.4, -0.2) is 35.8 Å². The van der Waals surface area contributed by atoms with Crippen molar-refractivity contribution in [3.63, 3.8) is 0 Å². The summed E-state index contributed by atoms with van der Waals surface area (Å²) in [7, 11) is 1.63. The van der Waals surface area contributed by atoms with Crippen LogP contribution >= 0.6 is 0 Å². The molecule has 1 atom stereocenters.